The van der Waals surface area contributed by atoms with Crippen LogP contribution < -0.4 is 18.9 Å². The van der Waals surface area contributed by atoms with Crippen LogP contribution in [0.25, 0.3) is 0 Å². The highest BCUT2D eigenvalue weighted by Crippen LogP contribution is 2.36. The Labute approximate surface area is 252 Å². The van der Waals surface area contributed by atoms with Crippen LogP contribution in [-0.2, 0) is 9.59 Å². The molecule has 6 rings (SSSR count). The highest BCUT2D eigenvalue weighted by molar-refractivity contribution is 6.05. The van der Waals surface area contributed by atoms with Gasteiger partial charge in [0.1, 0.15) is 47.7 Å². The van der Waals surface area contributed by atoms with Gasteiger partial charge in [-0.2, -0.15) is 0 Å². The fourth-order valence-electron chi connectivity index (χ4n) is 4.90. The summed E-state index contributed by atoms with van der Waals surface area (Å²) in [6.07, 6.45) is 0. The number of carbonyl (C=O) groups excluding carboxylic acids is 4. The van der Waals surface area contributed by atoms with Gasteiger partial charge in [-0.15, -0.1) is 0 Å². The summed E-state index contributed by atoms with van der Waals surface area (Å²) in [5.41, 5.74) is 2.50. The molecule has 0 fully saturated rings. The topological polar surface area (TPSA) is 146 Å². The average Bonchev–Trinajstić information content (AvgIpc) is 2.98. The van der Waals surface area contributed by atoms with Gasteiger partial charge < -0.3 is 29.2 Å². The summed E-state index contributed by atoms with van der Waals surface area (Å²) in [6.45, 7) is 3.05. The molecule has 0 bridgehead atoms. The van der Waals surface area contributed by atoms with Crippen LogP contribution in [0, 0.1) is 0 Å². The maximum absolute atomic E-state index is 12.7. The number of ketones is 2. The van der Waals surface area contributed by atoms with Gasteiger partial charge in [0.15, 0.2) is 11.6 Å². The number of fused-ring (bicyclic) bond motifs is 2. The van der Waals surface area contributed by atoms with Crippen LogP contribution >= 0.6 is 0 Å². The molecule has 0 aliphatic carbocycles. The van der Waals surface area contributed by atoms with Crippen molar-refractivity contribution in [3.63, 3.8) is 0 Å². The number of ether oxygens (including phenoxy) is 4. The molecule has 2 unspecified atom stereocenters. The number of esters is 2. The first-order valence-electron chi connectivity index (χ1n) is 13.7. The van der Waals surface area contributed by atoms with Crippen molar-refractivity contribution < 1.29 is 48.3 Å². The molecule has 0 amide bonds. The van der Waals surface area contributed by atoms with E-state index in [0.29, 0.717) is 34.1 Å². The van der Waals surface area contributed by atoms with Gasteiger partial charge in [-0.1, -0.05) is 24.3 Å². The number of Topliss-reactive ketones (excluding diaryl/α,β-unsaturated/α-hetero) is 2. The molecule has 2 heterocycles. The van der Waals surface area contributed by atoms with Gasteiger partial charge in [0.2, 0.25) is 0 Å². The molecule has 10 heteroatoms. The molecular weight excluding hydrogens is 568 g/mol. The molecule has 0 spiro atoms. The number of hydrogen-bond acceptors (Lipinski definition) is 10. The Hall–Kier alpha value is -5.64. The quantitative estimate of drug-likeness (QED) is 0.233. The lowest BCUT2D eigenvalue weighted by molar-refractivity contribution is -0.132. The SMILES string of the molecule is CC(=O)Oc1ccc(C2COc3cc(OC(C)=O)ccc3C2=O)cc1.O=C1c2ccc(O)cc2OCC1c1ccc(O)cc1. The van der Waals surface area contributed by atoms with Crippen LogP contribution in [0.15, 0.2) is 84.9 Å². The Kier molecular flexibility index (Phi) is 8.61. The zero-order valence-electron chi connectivity index (χ0n) is 23.8. The van der Waals surface area contributed by atoms with Crippen molar-refractivity contribution in [3.05, 3.63) is 107 Å². The highest BCUT2D eigenvalue weighted by Gasteiger charge is 2.31. The maximum atomic E-state index is 12.7. The fourth-order valence-corrected chi connectivity index (χ4v) is 4.90. The molecule has 2 aliphatic rings. The van der Waals surface area contributed by atoms with E-state index >= 15 is 0 Å². The molecule has 2 atom stereocenters. The van der Waals surface area contributed by atoms with Crippen molar-refractivity contribution in [2.75, 3.05) is 13.2 Å². The van der Waals surface area contributed by atoms with Gasteiger partial charge >= 0.3 is 11.9 Å². The van der Waals surface area contributed by atoms with Crippen LogP contribution in [0.1, 0.15) is 57.5 Å². The predicted octanol–water partition coefficient (Wildman–Crippen LogP) is 5.35. The summed E-state index contributed by atoms with van der Waals surface area (Å²) >= 11 is 0. The first-order valence-corrected chi connectivity index (χ1v) is 13.7. The number of aromatic hydroxyl groups is 2. The normalized spacial score (nSPS) is 16.6. The van der Waals surface area contributed by atoms with Crippen LogP contribution in [0.3, 0.4) is 0 Å². The third-order valence-corrected chi connectivity index (χ3v) is 6.99. The van der Waals surface area contributed by atoms with Crippen LogP contribution in [0.5, 0.6) is 34.5 Å². The van der Waals surface area contributed by atoms with Crippen molar-refractivity contribution in [1.82, 2.24) is 0 Å². The number of hydrogen-bond donors (Lipinski definition) is 2. The van der Waals surface area contributed by atoms with E-state index in [1.54, 1.807) is 66.7 Å². The maximum Gasteiger partial charge on any atom is 0.308 e. The van der Waals surface area contributed by atoms with E-state index in [4.69, 9.17) is 18.9 Å². The standard InChI is InChI=1S/C19H16O6.C15H12O4/c1-11(20)24-14-5-3-13(4-6-14)17-10-23-18-9-15(25-12(2)21)7-8-16(18)19(17)22;16-10-3-1-9(2-4-10)13-8-19-14-7-11(17)5-6-12(14)15(13)18/h3-9,17H,10H2,1-2H3;1-7,13,16-17H,8H2. The van der Waals surface area contributed by atoms with E-state index in [0.717, 1.165) is 11.1 Å². The molecule has 0 saturated heterocycles. The number of benzene rings is 4. The van der Waals surface area contributed by atoms with E-state index in [-0.39, 0.29) is 42.2 Å². The first kappa shape index (κ1) is 29.8. The van der Waals surface area contributed by atoms with Gasteiger partial charge in [0, 0.05) is 26.0 Å². The molecule has 44 heavy (non-hydrogen) atoms. The molecule has 0 aromatic heterocycles. The number of phenolic OH excluding ortho intramolecular Hbond substituents is 2. The van der Waals surface area contributed by atoms with Gasteiger partial charge in [-0.05, 0) is 59.7 Å². The van der Waals surface area contributed by atoms with Crippen LogP contribution in [0.4, 0.5) is 0 Å². The smallest absolute Gasteiger partial charge is 0.308 e. The summed E-state index contributed by atoms with van der Waals surface area (Å²) in [5, 5.41) is 18.6. The largest absolute Gasteiger partial charge is 0.508 e. The van der Waals surface area contributed by atoms with Crippen molar-refractivity contribution in [3.8, 4) is 34.5 Å². The second-order valence-electron chi connectivity index (χ2n) is 10.1. The van der Waals surface area contributed by atoms with Crippen LogP contribution in [0.2, 0.25) is 0 Å². The molecule has 4 aromatic carbocycles. The molecule has 2 N–H and O–H groups in total. The molecule has 10 nitrogen and oxygen atoms in total. The molecule has 224 valence electrons. The molecule has 2 aliphatic heterocycles. The minimum atomic E-state index is -0.446. The lowest BCUT2D eigenvalue weighted by atomic mass is 9.89. The monoisotopic (exact) mass is 596 g/mol. The van der Waals surface area contributed by atoms with Crippen molar-refractivity contribution in [1.29, 1.82) is 0 Å². The van der Waals surface area contributed by atoms with Crippen LogP contribution in [-0.4, -0.2) is 46.9 Å². The molecule has 0 radical (unpaired) electrons. The van der Waals surface area contributed by atoms with E-state index in [2.05, 4.69) is 0 Å². The highest BCUT2D eigenvalue weighted by atomic mass is 16.5. The van der Waals surface area contributed by atoms with Gasteiger partial charge in [0.05, 0.1) is 23.0 Å². The minimum Gasteiger partial charge on any atom is -0.508 e. The Balaban J connectivity index is 0.000000181. The zero-order valence-corrected chi connectivity index (χ0v) is 23.8. The number of carbonyl (C=O) groups is 4. The predicted molar refractivity (Wildman–Crippen MR) is 157 cm³/mol. The lowest BCUT2D eigenvalue weighted by Gasteiger charge is -2.24. The third kappa shape index (κ3) is 6.70. The Bertz CT molecular complexity index is 1720. The first-order chi connectivity index (χ1) is 21.1. The van der Waals surface area contributed by atoms with Crippen molar-refractivity contribution in [2.45, 2.75) is 25.7 Å². The Morgan fingerprint density at radius 3 is 1.59 bits per heavy atom. The minimum absolute atomic E-state index is 0.0352. The summed E-state index contributed by atoms with van der Waals surface area (Å²) in [7, 11) is 0. The second-order valence-corrected chi connectivity index (χ2v) is 10.1. The van der Waals surface area contributed by atoms with E-state index in [1.807, 2.05) is 0 Å². The van der Waals surface area contributed by atoms with Gasteiger partial charge in [-0.25, -0.2) is 0 Å². The fraction of sp³-hybridized carbons (Fsp3) is 0.176. The summed E-state index contributed by atoms with van der Waals surface area (Å²) in [4.78, 5) is 47.1. The number of phenols is 2. The van der Waals surface area contributed by atoms with Gasteiger partial charge in [-0.3, -0.25) is 19.2 Å². The summed E-state index contributed by atoms with van der Waals surface area (Å²) < 4.78 is 21.2. The average molecular weight is 597 g/mol. The third-order valence-electron chi connectivity index (χ3n) is 6.99. The second kappa shape index (κ2) is 12.7. The Morgan fingerprint density at radius 2 is 1.05 bits per heavy atom. The van der Waals surface area contributed by atoms with E-state index in [1.165, 1.54) is 32.0 Å². The van der Waals surface area contributed by atoms with Crippen molar-refractivity contribution in [2.24, 2.45) is 0 Å². The summed E-state index contributed by atoms with van der Waals surface area (Å²) in [6, 6.07) is 22.5. The van der Waals surface area contributed by atoms with Crippen molar-refractivity contribution >= 4 is 23.5 Å². The molecule has 0 saturated carbocycles. The van der Waals surface area contributed by atoms with E-state index < -0.39 is 17.9 Å². The lowest BCUT2D eigenvalue weighted by Crippen LogP contribution is -2.26. The number of rotatable bonds is 4. The summed E-state index contributed by atoms with van der Waals surface area (Å²) in [5.74, 6) is 0.0496. The van der Waals surface area contributed by atoms with Gasteiger partial charge in [0.25, 0.3) is 0 Å². The van der Waals surface area contributed by atoms with E-state index in [9.17, 15) is 29.4 Å². The zero-order chi connectivity index (χ0) is 31.4. The molecular formula is C34H28O10. The molecule has 4 aromatic rings. The Morgan fingerprint density at radius 1 is 0.614 bits per heavy atom.